The number of hydrogen-bond donors (Lipinski definition) is 0. The van der Waals surface area contributed by atoms with Crippen LogP contribution in [-0.4, -0.2) is 20.4 Å². The van der Waals surface area contributed by atoms with Gasteiger partial charge in [0.1, 0.15) is 5.58 Å². The molecule has 0 atom stereocenters. The highest BCUT2D eigenvalue weighted by atomic mass is 19.4. The number of rotatable bonds is 4. The largest absolute Gasteiger partial charge is 0.453 e. The molecule has 0 N–H and O–H groups in total. The molecule has 9 heteroatoms. The second-order valence-corrected chi connectivity index (χ2v) is 9.14. The fourth-order valence-electron chi connectivity index (χ4n) is 4.80. The van der Waals surface area contributed by atoms with Crippen LogP contribution in [0.3, 0.4) is 0 Å². The lowest BCUT2D eigenvalue weighted by Crippen LogP contribution is -2.20. The Bertz CT molecular complexity index is 1930. The number of furan rings is 1. The number of aromatic nitrogens is 3. The lowest BCUT2D eigenvalue weighted by atomic mass is 10.1. The van der Waals surface area contributed by atoms with Crippen LogP contribution in [0.4, 0.5) is 13.2 Å². The van der Waals surface area contributed by atoms with Crippen molar-refractivity contribution in [1.29, 1.82) is 0 Å². The molecule has 6 nitrogen and oxygen atoms in total. The van der Waals surface area contributed by atoms with Gasteiger partial charge >= 0.3 is 6.18 Å². The standard InChI is InChI=1S/C30H21F3N4O2/c1-18-15-21(19(2)36(18)25-13-7-5-11-23(25)30(31,32)33)17-34-37-28(27-16-20-9-3-8-14-26(20)39-27)35-24-12-6-4-10-22(24)29(37)38/h3-17H,1-2H3. The van der Waals surface area contributed by atoms with E-state index in [0.717, 1.165) is 16.1 Å². The van der Waals surface area contributed by atoms with Crippen molar-refractivity contribution in [2.75, 3.05) is 0 Å². The molecule has 0 radical (unpaired) electrons. The average Bonchev–Trinajstić information content (AvgIpc) is 3.47. The molecule has 0 aliphatic rings. The lowest BCUT2D eigenvalue weighted by Gasteiger charge is -2.16. The highest BCUT2D eigenvalue weighted by Crippen LogP contribution is 2.35. The smallest absolute Gasteiger partial charge is 0.418 e. The number of nitrogens with zero attached hydrogens (tertiary/aromatic N) is 4. The Balaban J connectivity index is 1.51. The third-order valence-electron chi connectivity index (χ3n) is 6.63. The summed E-state index contributed by atoms with van der Waals surface area (Å²) >= 11 is 0. The van der Waals surface area contributed by atoms with Crippen molar-refractivity contribution in [2.45, 2.75) is 20.0 Å². The van der Waals surface area contributed by atoms with Gasteiger partial charge in [0, 0.05) is 22.3 Å². The Hall–Kier alpha value is -4.92. The summed E-state index contributed by atoms with van der Waals surface area (Å²) in [5.41, 5.74) is 1.70. The molecule has 3 aromatic heterocycles. The van der Waals surface area contributed by atoms with E-state index in [4.69, 9.17) is 4.42 Å². The molecule has 0 aliphatic carbocycles. The first-order chi connectivity index (χ1) is 18.7. The third kappa shape index (κ3) is 4.21. The van der Waals surface area contributed by atoms with Gasteiger partial charge in [-0.25, -0.2) is 4.98 Å². The van der Waals surface area contributed by atoms with Gasteiger partial charge in [0.05, 0.1) is 28.4 Å². The van der Waals surface area contributed by atoms with E-state index >= 15 is 0 Å². The van der Waals surface area contributed by atoms with Crippen LogP contribution in [0, 0.1) is 13.8 Å². The van der Waals surface area contributed by atoms with Crippen LogP contribution in [0.15, 0.2) is 99.2 Å². The normalized spacial score (nSPS) is 12.2. The maximum atomic E-state index is 13.7. The predicted molar refractivity (Wildman–Crippen MR) is 144 cm³/mol. The molecule has 3 aromatic carbocycles. The van der Waals surface area contributed by atoms with Crippen LogP contribution in [-0.2, 0) is 6.18 Å². The number of para-hydroxylation sites is 3. The Morgan fingerprint density at radius 3 is 2.44 bits per heavy atom. The van der Waals surface area contributed by atoms with E-state index in [1.807, 2.05) is 24.3 Å². The number of fused-ring (bicyclic) bond motifs is 2. The summed E-state index contributed by atoms with van der Waals surface area (Å²) in [7, 11) is 0. The molecule has 0 saturated heterocycles. The molecule has 0 aliphatic heterocycles. The molecule has 39 heavy (non-hydrogen) atoms. The summed E-state index contributed by atoms with van der Waals surface area (Å²) in [4.78, 5) is 18.2. The molecule has 6 rings (SSSR count). The van der Waals surface area contributed by atoms with Crippen molar-refractivity contribution in [1.82, 2.24) is 14.2 Å². The Kier molecular flexibility index (Phi) is 5.71. The molecule has 6 aromatic rings. The van der Waals surface area contributed by atoms with Gasteiger partial charge in [-0.3, -0.25) is 4.79 Å². The van der Waals surface area contributed by atoms with Gasteiger partial charge in [-0.15, -0.1) is 0 Å². The van der Waals surface area contributed by atoms with Crippen LogP contribution in [0.1, 0.15) is 22.5 Å². The van der Waals surface area contributed by atoms with E-state index in [-0.39, 0.29) is 11.5 Å². The average molecular weight is 527 g/mol. The van der Waals surface area contributed by atoms with Gasteiger partial charge < -0.3 is 8.98 Å². The number of benzene rings is 3. The van der Waals surface area contributed by atoms with Crippen molar-refractivity contribution in [3.05, 3.63) is 118 Å². The van der Waals surface area contributed by atoms with E-state index in [9.17, 15) is 18.0 Å². The Morgan fingerprint density at radius 1 is 0.923 bits per heavy atom. The molecule has 0 unspecified atom stereocenters. The summed E-state index contributed by atoms with van der Waals surface area (Å²) in [6.07, 6.45) is -3.06. The minimum Gasteiger partial charge on any atom is -0.453 e. The zero-order valence-corrected chi connectivity index (χ0v) is 20.9. The lowest BCUT2D eigenvalue weighted by molar-refractivity contribution is -0.137. The Labute approximate surface area is 220 Å². The first-order valence-electron chi connectivity index (χ1n) is 12.1. The molecular weight excluding hydrogens is 505 g/mol. The maximum absolute atomic E-state index is 13.7. The van der Waals surface area contributed by atoms with Crippen molar-refractivity contribution < 1.29 is 17.6 Å². The summed E-state index contributed by atoms with van der Waals surface area (Å²) in [6.45, 7) is 3.43. The first kappa shape index (κ1) is 24.4. The third-order valence-corrected chi connectivity index (χ3v) is 6.63. The van der Waals surface area contributed by atoms with Crippen LogP contribution in [0.25, 0.3) is 39.1 Å². The first-order valence-corrected chi connectivity index (χ1v) is 12.1. The van der Waals surface area contributed by atoms with E-state index in [1.165, 1.54) is 22.9 Å². The predicted octanol–water partition coefficient (Wildman–Crippen LogP) is 7.12. The highest BCUT2D eigenvalue weighted by molar-refractivity contribution is 5.85. The fourth-order valence-corrected chi connectivity index (χ4v) is 4.80. The monoisotopic (exact) mass is 526 g/mol. The molecule has 0 amide bonds. The highest BCUT2D eigenvalue weighted by Gasteiger charge is 2.34. The van der Waals surface area contributed by atoms with Crippen LogP contribution < -0.4 is 5.56 Å². The van der Waals surface area contributed by atoms with Crippen molar-refractivity contribution >= 4 is 28.1 Å². The second kappa shape index (κ2) is 9.13. The van der Waals surface area contributed by atoms with Crippen LogP contribution >= 0.6 is 0 Å². The zero-order chi connectivity index (χ0) is 27.3. The van der Waals surface area contributed by atoms with E-state index in [0.29, 0.717) is 39.2 Å². The minimum absolute atomic E-state index is 0.0205. The summed E-state index contributed by atoms with van der Waals surface area (Å²) < 4.78 is 49.9. The SMILES string of the molecule is Cc1cc(C=Nn2c(-c3cc4ccccc4o3)nc3ccccc3c2=O)c(C)n1-c1ccccc1C(F)(F)F. The molecule has 0 saturated carbocycles. The van der Waals surface area contributed by atoms with E-state index < -0.39 is 17.3 Å². The van der Waals surface area contributed by atoms with E-state index in [1.54, 1.807) is 56.3 Å². The summed E-state index contributed by atoms with van der Waals surface area (Å²) in [6, 6.07) is 23.3. The molecule has 3 heterocycles. The molecule has 0 fully saturated rings. The summed E-state index contributed by atoms with van der Waals surface area (Å²) in [5.74, 6) is 0.572. The van der Waals surface area contributed by atoms with Crippen molar-refractivity contribution in [3.8, 4) is 17.3 Å². The van der Waals surface area contributed by atoms with Gasteiger partial charge in [0.25, 0.3) is 5.56 Å². The van der Waals surface area contributed by atoms with E-state index in [2.05, 4.69) is 10.1 Å². The molecular formula is C30H21F3N4O2. The minimum atomic E-state index is -4.51. The number of halogens is 3. The zero-order valence-electron chi connectivity index (χ0n) is 20.9. The topological polar surface area (TPSA) is 65.3 Å². The Morgan fingerprint density at radius 2 is 1.64 bits per heavy atom. The second-order valence-electron chi connectivity index (χ2n) is 9.14. The number of aryl methyl sites for hydroxylation is 1. The molecule has 0 spiro atoms. The maximum Gasteiger partial charge on any atom is 0.418 e. The number of hydrogen-bond acceptors (Lipinski definition) is 4. The van der Waals surface area contributed by atoms with Gasteiger partial charge in [-0.1, -0.05) is 42.5 Å². The van der Waals surface area contributed by atoms with Crippen molar-refractivity contribution in [3.63, 3.8) is 0 Å². The quantitative estimate of drug-likeness (QED) is 0.230. The number of alkyl halides is 3. The molecule has 0 bridgehead atoms. The van der Waals surface area contributed by atoms with Gasteiger partial charge in [0.15, 0.2) is 5.76 Å². The van der Waals surface area contributed by atoms with Crippen LogP contribution in [0.2, 0.25) is 0 Å². The van der Waals surface area contributed by atoms with Gasteiger partial charge in [0.2, 0.25) is 5.82 Å². The summed E-state index contributed by atoms with van der Waals surface area (Å²) in [5, 5.41) is 5.69. The van der Waals surface area contributed by atoms with Crippen molar-refractivity contribution in [2.24, 2.45) is 5.10 Å². The molecule has 194 valence electrons. The van der Waals surface area contributed by atoms with Crippen LogP contribution in [0.5, 0.6) is 0 Å². The van der Waals surface area contributed by atoms with Gasteiger partial charge in [-0.05, 0) is 56.3 Å². The van der Waals surface area contributed by atoms with Gasteiger partial charge in [-0.2, -0.15) is 22.9 Å². The fraction of sp³-hybridized carbons (Fsp3) is 0.100.